The van der Waals surface area contributed by atoms with Gasteiger partial charge in [0.25, 0.3) is 0 Å². The third kappa shape index (κ3) is 3.83. The number of carbonyl (C=O) groups is 1. The number of benzene rings is 1. The van der Waals surface area contributed by atoms with Gasteiger partial charge < -0.3 is 5.32 Å². The molecule has 0 aliphatic carbocycles. The first-order chi connectivity index (χ1) is 6.77. The van der Waals surface area contributed by atoms with Crippen LogP contribution in [-0.4, -0.2) is 12.7 Å². The van der Waals surface area contributed by atoms with Crippen LogP contribution in [0.2, 0.25) is 0 Å². The highest BCUT2D eigenvalue weighted by Crippen LogP contribution is 2.25. The fourth-order valence-electron chi connectivity index (χ4n) is 0.985. The van der Waals surface area contributed by atoms with Crippen molar-refractivity contribution >= 4 is 23.1 Å². The van der Waals surface area contributed by atoms with E-state index in [9.17, 15) is 4.79 Å². The molecule has 0 radical (unpaired) electrons. The van der Waals surface area contributed by atoms with E-state index >= 15 is 0 Å². The fraction of sp³-hybridized carbons (Fsp3) is 0.364. The van der Waals surface area contributed by atoms with Crippen molar-refractivity contribution in [2.24, 2.45) is 0 Å². The summed E-state index contributed by atoms with van der Waals surface area (Å²) < 4.78 is 0. The monoisotopic (exact) mass is 211 g/mol. The molecular formula is C11H17NOS. The van der Waals surface area contributed by atoms with Crippen LogP contribution < -0.4 is 5.32 Å². The van der Waals surface area contributed by atoms with Crippen molar-refractivity contribution in [2.75, 3.05) is 12.4 Å². The molecule has 0 heterocycles. The number of hydrogen-bond acceptors (Lipinski definition) is 3. The molecule has 1 N–H and O–H groups in total. The Morgan fingerprint density at radius 3 is 2.50 bits per heavy atom. The third-order valence-electron chi connectivity index (χ3n) is 1.58. The van der Waals surface area contributed by atoms with Crippen molar-refractivity contribution in [3.8, 4) is 0 Å². The summed E-state index contributed by atoms with van der Waals surface area (Å²) in [5.74, 6) is 0. The SMILES string of the molecule is CC.CNc1ccc(C)cc1SC=O. The average molecular weight is 211 g/mol. The largest absolute Gasteiger partial charge is 0.387 e. The second-order valence-electron chi connectivity index (χ2n) is 2.46. The summed E-state index contributed by atoms with van der Waals surface area (Å²) in [6.07, 6.45) is 0. The van der Waals surface area contributed by atoms with Gasteiger partial charge in [0.05, 0.1) is 0 Å². The van der Waals surface area contributed by atoms with Crippen molar-refractivity contribution in [3.63, 3.8) is 0 Å². The Hall–Kier alpha value is -0.960. The van der Waals surface area contributed by atoms with E-state index in [0.717, 1.165) is 16.2 Å². The maximum Gasteiger partial charge on any atom is 0.181 e. The molecule has 0 aliphatic rings. The molecule has 78 valence electrons. The van der Waals surface area contributed by atoms with Gasteiger partial charge in [-0.1, -0.05) is 31.7 Å². The molecule has 0 fully saturated rings. The standard InChI is InChI=1S/C9H11NOS.C2H6/c1-7-3-4-8(10-2)9(5-7)12-6-11;1-2/h3-6,10H,1-2H3;1-2H3. The van der Waals surface area contributed by atoms with E-state index in [-0.39, 0.29) is 0 Å². The fourth-order valence-corrected chi connectivity index (χ4v) is 1.64. The predicted octanol–water partition coefficient (Wildman–Crippen LogP) is 3.35. The summed E-state index contributed by atoms with van der Waals surface area (Å²) in [6, 6.07) is 5.98. The molecule has 0 unspecified atom stereocenters. The number of anilines is 1. The number of carbonyl (C=O) groups excluding carboxylic acids is 1. The van der Waals surface area contributed by atoms with E-state index < -0.39 is 0 Å². The Morgan fingerprint density at radius 2 is 2.00 bits per heavy atom. The van der Waals surface area contributed by atoms with Crippen molar-refractivity contribution in [1.82, 2.24) is 0 Å². The van der Waals surface area contributed by atoms with Gasteiger partial charge >= 0.3 is 0 Å². The van der Waals surface area contributed by atoms with Gasteiger partial charge in [0.1, 0.15) is 0 Å². The number of nitrogens with one attached hydrogen (secondary N) is 1. The summed E-state index contributed by atoms with van der Waals surface area (Å²) in [5, 5.41) is 3.03. The van der Waals surface area contributed by atoms with Crippen LogP contribution in [0.4, 0.5) is 5.69 Å². The van der Waals surface area contributed by atoms with Crippen LogP contribution in [0.3, 0.4) is 0 Å². The van der Waals surface area contributed by atoms with E-state index in [1.54, 1.807) is 0 Å². The minimum atomic E-state index is 0.843. The molecule has 0 saturated heterocycles. The maximum absolute atomic E-state index is 10.3. The Bertz CT molecular complexity index is 287. The summed E-state index contributed by atoms with van der Waals surface area (Å²) in [7, 11) is 1.85. The van der Waals surface area contributed by atoms with Gasteiger partial charge in [0.2, 0.25) is 0 Å². The first-order valence-electron chi connectivity index (χ1n) is 4.66. The van der Waals surface area contributed by atoms with Crippen molar-refractivity contribution in [3.05, 3.63) is 23.8 Å². The van der Waals surface area contributed by atoms with E-state index in [2.05, 4.69) is 5.32 Å². The van der Waals surface area contributed by atoms with Crippen molar-refractivity contribution in [1.29, 1.82) is 0 Å². The molecule has 0 bridgehead atoms. The first kappa shape index (κ1) is 13.0. The lowest BCUT2D eigenvalue weighted by Crippen LogP contribution is -1.90. The number of rotatable bonds is 3. The van der Waals surface area contributed by atoms with Gasteiger partial charge in [0.15, 0.2) is 5.62 Å². The molecular weight excluding hydrogens is 194 g/mol. The molecule has 2 nitrogen and oxygen atoms in total. The van der Waals surface area contributed by atoms with Crippen LogP contribution in [0.25, 0.3) is 0 Å². The van der Waals surface area contributed by atoms with Gasteiger partial charge in [0, 0.05) is 17.6 Å². The van der Waals surface area contributed by atoms with Crippen LogP contribution in [0.1, 0.15) is 19.4 Å². The molecule has 1 aromatic rings. The minimum absolute atomic E-state index is 0.843. The van der Waals surface area contributed by atoms with E-state index in [0.29, 0.717) is 0 Å². The summed E-state index contributed by atoms with van der Waals surface area (Å²) in [4.78, 5) is 11.3. The molecule has 3 heteroatoms. The van der Waals surface area contributed by atoms with Crippen molar-refractivity contribution < 1.29 is 4.79 Å². The number of hydrogen-bond donors (Lipinski definition) is 1. The Morgan fingerprint density at radius 1 is 1.36 bits per heavy atom. The first-order valence-corrected chi connectivity index (χ1v) is 5.54. The zero-order chi connectivity index (χ0) is 11.0. The highest BCUT2D eigenvalue weighted by Gasteiger charge is 2.00. The lowest BCUT2D eigenvalue weighted by Gasteiger charge is -2.05. The normalized spacial score (nSPS) is 8.57. The molecule has 0 saturated carbocycles. The molecule has 0 atom stereocenters. The van der Waals surface area contributed by atoms with Crippen LogP contribution in [0, 0.1) is 6.92 Å². The third-order valence-corrected chi connectivity index (χ3v) is 2.27. The molecule has 1 aromatic carbocycles. The second kappa shape index (κ2) is 7.44. The quantitative estimate of drug-likeness (QED) is 0.614. The molecule has 14 heavy (non-hydrogen) atoms. The van der Waals surface area contributed by atoms with Crippen molar-refractivity contribution in [2.45, 2.75) is 25.7 Å². The van der Waals surface area contributed by atoms with Crippen LogP contribution in [0.15, 0.2) is 23.1 Å². The van der Waals surface area contributed by atoms with E-state index in [1.165, 1.54) is 17.3 Å². The topological polar surface area (TPSA) is 29.1 Å². The van der Waals surface area contributed by atoms with Gasteiger partial charge in [-0.3, -0.25) is 4.79 Å². The lowest BCUT2D eigenvalue weighted by molar-refractivity contribution is 0.570. The Kier molecular flexibility index (Phi) is 6.93. The van der Waals surface area contributed by atoms with Gasteiger partial charge in [-0.05, 0) is 24.6 Å². The molecule has 1 rings (SSSR count). The predicted molar refractivity (Wildman–Crippen MR) is 64.7 cm³/mol. The summed E-state index contributed by atoms with van der Waals surface area (Å²) >= 11 is 1.20. The summed E-state index contributed by atoms with van der Waals surface area (Å²) in [5.41, 5.74) is 3.01. The molecule has 0 spiro atoms. The molecule has 0 aromatic heterocycles. The smallest absolute Gasteiger partial charge is 0.181 e. The van der Waals surface area contributed by atoms with Crippen LogP contribution in [0.5, 0.6) is 0 Å². The van der Waals surface area contributed by atoms with Gasteiger partial charge in [-0.15, -0.1) is 0 Å². The molecule has 0 amide bonds. The zero-order valence-corrected chi connectivity index (χ0v) is 9.94. The number of aryl methyl sites for hydroxylation is 1. The second-order valence-corrected chi connectivity index (χ2v) is 3.33. The lowest BCUT2D eigenvalue weighted by atomic mass is 10.2. The van der Waals surface area contributed by atoms with Crippen LogP contribution in [-0.2, 0) is 4.79 Å². The maximum atomic E-state index is 10.3. The van der Waals surface area contributed by atoms with Crippen LogP contribution >= 0.6 is 11.8 Å². The Labute approximate surface area is 90.1 Å². The van der Waals surface area contributed by atoms with E-state index in [4.69, 9.17) is 0 Å². The minimum Gasteiger partial charge on any atom is -0.387 e. The molecule has 0 aliphatic heterocycles. The van der Waals surface area contributed by atoms with Gasteiger partial charge in [-0.2, -0.15) is 0 Å². The zero-order valence-electron chi connectivity index (χ0n) is 9.13. The summed E-state index contributed by atoms with van der Waals surface area (Å²) in [6.45, 7) is 6.01. The average Bonchev–Trinajstić information content (AvgIpc) is 2.22. The number of thioether (sulfide) groups is 1. The highest BCUT2D eigenvalue weighted by atomic mass is 32.2. The van der Waals surface area contributed by atoms with E-state index in [1.807, 2.05) is 46.0 Å². The van der Waals surface area contributed by atoms with Gasteiger partial charge in [-0.25, -0.2) is 0 Å². The highest BCUT2D eigenvalue weighted by molar-refractivity contribution is 8.12. The Balaban J connectivity index is 0.000000791.